The lowest BCUT2D eigenvalue weighted by Crippen LogP contribution is -2.39. The molecule has 0 aliphatic rings. The van der Waals surface area contributed by atoms with Crippen molar-refractivity contribution in [2.24, 2.45) is 0 Å². The largest absolute Gasteiger partial charge is 0.329 e. The van der Waals surface area contributed by atoms with Crippen LogP contribution < -0.4 is 0 Å². The zero-order chi connectivity index (χ0) is 10.4. The number of rotatable bonds is 4. The van der Waals surface area contributed by atoms with Gasteiger partial charge in [0.05, 0.1) is 0 Å². The van der Waals surface area contributed by atoms with E-state index in [1.54, 1.807) is 0 Å². The molecule has 0 aromatic heterocycles. The Kier molecular flexibility index (Phi) is 6.21. The first-order chi connectivity index (χ1) is 6.00. The number of carbonyl (C=O) groups excluding carboxylic acids is 1. The van der Waals surface area contributed by atoms with Gasteiger partial charge in [-0.15, -0.1) is 0 Å². The molecular formula is C10H21NOS. The third kappa shape index (κ3) is 4.55. The van der Waals surface area contributed by atoms with Gasteiger partial charge in [-0.05, 0) is 34.1 Å². The van der Waals surface area contributed by atoms with Crippen LogP contribution >= 0.6 is 11.8 Å². The Labute approximate surface area is 86.1 Å². The Morgan fingerprint density at radius 2 is 1.69 bits per heavy atom. The summed E-state index contributed by atoms with van der Waals surface area (Å²) in [5.74, 6) is 0.925. The van der Waals surface area contributed by atoms with E-state index < -0.39 is 0 Å². The summed E-state index contributed by atoms with van der Waals surface area (Å²) in [5, 5.41) is 0.215. The number of carbonyl (C=O) groups is 1. The molecule has 0 rings (SSSR count). The minimum Gasteiger partial charge on any atom is -0.329 e. The highest BCUT2D eigenvalue weighted by atomic mass is 32.2. The summed E-state index contributed by atoms with van der Waals surface area (Å²) in [4.78, 5) is 13.6. The van der Waals surface area contributed by atoms with Crippen molar-refractivity contribution in [3.8, 4) is 0 Å². The first-order valence-electron chi connectivity index (χ1n) is 4.95. The fraction of sp³-hybridized carbons (Fsp3) is 0.900. The van der Waals surface area contributed by atoms with Gasteiger partial charge in [0.15, 0.2) is 0 Å². The highest BCUT2D eigenvalue weighted by molar-refractivity contribution is 8.13. The van der Waals surface area contributed by atoms with Gasteiger partial charge in [-0.3, -0.25) is 4.79 Å². The standard InChI is InChI=1S/C10H21NOS/c1-6-7-13-10(12)11(8(2)3)9(4)5/h8-9H,6-7H2,1-5H3. The molecule has 78 valence electrons. The lowest BCUT2D eigenvalue weighted by molar-refractivity contribution is 0.190. The second-order valence-corrected chi connectivity index (χ2v) is 4.76. The van der Waals surface area contributed by atoms with Gasteiger partial charge in [0.1, 0.15) is 0 Å². The predicted octanol–water partition coefficient (Wildman–Crippen LogP) is 3.37. The summed E-state index contributed by atoms with van der Waals surface area (Å²) in [7, 11) is 0. The van der Waals surface area contributed by atoms with E-state index in [1.807, 2.05) is 4.90 Å². The molecule has 0 fully saturated rings. The summed E-state index contributed by atoms with van der Waals surface area (Å²) in [5.41, 5.74) is 0. The van der Waals surface area contributed by atoms with Crippen LogP contribution in [0.4, 0.5) is 4.79 Å². The topological polar surface area (TPSA) is 20.3 Å². The van der Waals surface area contributed by atoms with Crippen molar-refractivity contribution in [1.82, 2.24) is 4.90 Å². The van der Waals surface area contributed by atoms with Gasteiger partial charge in [0.25, 0.3) is 5.24 Å². The molecule has 0 saturated heterocycles. The highest BCUT2D eigenvalue weighted by Gasteiger charge is 2.19. The molecule has 1 amide bonds. The molecule has 3 heteroatoms. The zero-order valence-corrected chi connectivity index (χ0v) is 10.1. The van der Waals surface area contributed by atoms with Gasteiger partial charge in [-0.2, -0.15) is 0 Å². The second-order valence-electron chi connectivity index (χ2n) is 3.71. The highest BCUT2D eigenvalue weighted by Crippen LogP contribution is 2.15. The smallest absolute Gasteiger partial charge is 0.282 e. The van der Waals surface area contributed by atoms with Crippen LogP contribution in [0.2, 0.25) is 0 Å². The van der Waals surface area contributed by atoms with Crippen LogP contribution in [0.5, 0.6) is 0 Å². The number of hydrogen-bond acceptors (Lipinski definition) is 2. The van der Waals surface area contributed by atoms with Gasteiger partial charge in [-0.1, -0.05) is 18.7 Å². The maximum absolute atomic E-state index is 11.7. The van der Waals surface area contributed by atoms with Crippen LogP contribution in [-0.2, 0) is 0 Å². The lowest BCUT2D eigenvalue weighted by Gasteiger charge is -2.30. The molecule has 0 bridgehead atoms. The Bertz CT molecular complexity index is 149. The SMILES string of the molecule is CCCSC(=O)N(C(C)C)C(C)C. The zero-order valence-electron chi connectivity index (χ0n) is 9.33. The van der Waals surface area contributed by atoms with Crippen molar-refractivity contribution in [3.05, 3.63) is 0 Å². The van der Waals surface area contributed by atoms with E-state index in [-0.39, 0.29) is 5.24 Å². The first-order valence-corrected chi connectivity index (χ1v) is 5.94. The van der Waals surface area contributed by atoms with E-state index in [4.69, 9.17) is 0 Å². The third-order valence-corrected chi connectivity index (χ3v) is 2.82. The normalized spacial score (nSPS) is 11.0. The molecule has 0 N–H and O–H groups in total. The number of nitrogens with zero attached hydrogens (tertiary/aromatic N) is 1. The Hall–Kier alpha value is -0.180. The summed E-state index contributed by atoms with van der Waals surface area (Å²) in [6, 6.07) is 0.605. The van der Waals surface area contributed by atoms with Crippen molar-refractivity contribution >= 4 is 17.0 Å². The molecular weight excluding hydrogens is 182 g/mol. The fourth-order valence-corrected chi connectivity index (χ4v) is 2.23. The summed E-state index contributed by atoms with van der Waals surface area (Å²) in [6.07, 6.45) is 1.06. The van der Waals surface area contributed by atoms with Crippen LogP contribution in [-0.4, -0.2) is 28.0 Å². The minimum atomic E-state index is 0.215. The fourth-order valence-electron chi connectivity index (χ4n) is 1.28. The van der Waals surface area contributed by atoms with E-state index in [0.29, 0.717) is 12.1 Å². The quantitative estimate of drug-likeness (QED) is 0.698. The molecule has 0 aromatic rings. The van der Waals surface area contributed by atoms with E-state index in [1.165, 1.54) is 11.8 Å². The van der Waals surface area contributed by atoms with Crippen LogP contribution in [0.25, 0.3) is 0 Å². The van der Waals surface area contributed by atoms with Crippen LogP contribution in [0, 0.1) is 0 Å². The second kappa shape index (κ2) is 6.30. The number of hydrogen-bond donors (Lipinski definition) is 0. The Morgan fingerprint density at radius 1 is 1.23 bits per heavy atom. The van der Waals surface area contributed by atoms with Crippen LogP contribution in [0.3, 0.4) is 0 Å². The maximum Gasteiger partial charge on any atom is 0.282 e. The van der Waals surface area contributed by atoms with Gasteiger partial charge in [0, 0.05) is 17.8 Å². The molecule has 2 nitrogen and oxygen atoms in total. The molecule has 0 unspecified atom stereocenters. The van der Waals surface area contributed by atoms with Gasteiger partial charge < -0.3 is 4.90 Å². The van der Waals surface area contributed by atoms with Crippen molar-refractivity contribution in [1.29, 1.82) is 0 Å². The van der Waals surface area contributed by atoms with Crippen molar-refractivity contribution in [2.75, 3.05) is 5.75 Å². The number of amides is 1. The molecule has 0 aliphatic carbocycles. The van der Waals surface area contributed by atoms with Gasteiger partial charge >= 0.3 is 0 Å². The Morgan fingerprint density at radius 3 is 2.00 bits per heavy atom. The Balaban J connectivity index is 4.13. The molecule has 0 saturated carbocycles. The molecule has 0 aliphatic heterocycles. The maximum atomic E-state index is 11.7. The first kappa shape index (κ1) is 12.8. The van der Waals surface area contributed by atoms with Crippen LogP contribution in [0.1, 0.15) is 41.0 Å². The van der Waals surface area contributed by atoms with Gasteiger partial charge in [0.2, 0.25) is 0 Å². The average Bonchev–Trinajstić information content (AvgIpc) is 1.99. The summed E-state index contributed by atoms with van der Waals surface area (Å²) >= 11 is 1.43. The number of thioether (sulfide) groups is 1. The van der Waals surface area contributed by atoms with Crippen molar-refractivity contribution in [2.45, 2.75) is 53.1 Å². The van der Waals surface area contributed by atoms with Crippen LogP contribution in [0.15, 0.2) is 0 Å². The monoisotopic (exact) mass is 203 g/mol. The van der Waals surface area contributed by atoms with E-state index >= 15 is 0 Å². The summed E-state index contributed by atoms with van der Waals surface area (Å²) in [6.45, 7) is 10.3. The lowest BCUT2D eigenvalue weighted by atomic mass is 10.2. The van der Waals surface area contributed by atoms with Crippen molar-refractivity contribution in [3.63, 3.8) is 0 Å². The molecule has 0 aromatic carbocycles. The average molecular weight is 203 g/mol. The van der Waals surface area contributed by atoms with E-state index in [2.05, 4.69) is 34.6 Å². The molecule has 0 atom stereocenters. The molecule has 0 spiro atoms. The van der Waals surface area contributed by atoms with Crippen molar-refractivity contribution < 1.29 is 4.79 Å². The van der Waals surface area contributed by atoms with Gasteiger partial charge in [-0.25, -0.2) is 0 Å². The molecule has 0 heterocycles. The predicted molar refractivity (Wildman–Crippen MR) is 60.3 cm³/mol. The van der Waals surface area contributed by atoms with E-state index in [9.17, 15) is 4.79 Å². The molecule has 0 radical (unpaired) electrons. The molecule has 13 heavy (non-hydrogen) atoms. The summed E-state index contributed by atoms with van der Waals surface area (Å²) < 4.78 is 0. The minimum absolute atomic E-state index is 0.215. The van der Waals surface area contributed by atoms with E-state index in [0.717, 1.165) is 12.2 Å². The third-order valence-electron chi connectivity index (χ3n) is 1.75.